The Balaban J connectivity index is 1.29. The van der Waals surface area contributed by atoms with E-state index in [2.05, 4.69) is 37.0 Å². The number of nitrogens with one attached hydrogen (secondary N) is 1. The molecule has 3 N–H and O–H groups in total. The summed E-state index contributed by atoms with van der Waals surface area (Å²) < 4.78 is 53.6. The molecule has 8 rings (SSSR count). The van der Waals surface area contributed by atoms with Gasteiger partial charge in [0, 0.05) is 48.4 Å². The molecule has 4 atom stereocenters. The third-order valence-corrected chi connectivity index (χ3v) is 10.2. The van der Waals surface area contributed by atoms with Crippen molar-refractivity contribution in [2.24, 2.45) is 0 Å². The Kier molecular flexibility index (Phi) is 6.38. The molecule has 4 aliphatic heterocycles. The van der Waals surface area contributed by atoms with Crippen molar-refractivity contribution in [3.05, 3.63) is 40.9 Å². The average molecular weight is 625 g/mol. The minimum absolute atomic E-state index is 0.0337. The molecule has 0 unspecified atom stereocenters. The first-order valence-electron chi connectivity index (χ1n) is 15.1. The van der Waals surface area contributed by atoms with E-state index in [0.717, 1.165) is 32.2 Å². The van der Waals surface area contributed by atoms with E-state index in [9.17, 15) is 4.39 Å². The van der Waals surface area contributed by atoms with Crippen molar-refractivity contribution < 1.29 is 17.9 Å². The van der Waals surface area contributed by atoms with Crippen LogP contribution in [0.15, 0.2) is 24.3 Å². The number of hydrogen-bond donors (Lipinski definition) is 2. The molecular weight excluding hydrogens is 593 g/mol. The molecule has 4 saturated heterocycles. The Morgan fingerprint density at radius 1 is 1.16 bits per heavy atom. The summed E-state index contributed by atoms with van der Waals surface area (Å²) in [5, 5.41) is 4.39. The highest BCUT2D eigenvalue weighted by Gasteiger charge is 2.49. The van der Waals surface area contributed by atoms with E-state index in [1.807, 2.05) is 0 Å². The van der Waals surface area contributed by atoms with E-state index in [1.54, 1.807) is 18.2 Å². The Hall–Kier alpha value is -3.48. The first-order chi connectivity index (χ1) is 21.1. The van der Waals surface area contributed by atoms with Crippen LogP contribution in [0.2, 0.25) is 5.02 Å². The predicted octanol–water partition coefficient (Wildman–Crippen LogP) is 5.04. The molecule has 0 amide bonds. The number of ether oxygens (including phenoxy) is 1. The monoisotopic (exact) mass is 624 g/mol. The highest BCUT2D eigenvalue weighted by Crippen LogP contribution is 2.43. The molecule has 0 spiro atoms. The van der Waals surface area contributed by atoms with Gasteiger partial charge in [-0.25, -0.2) is 23.1 Å². The molecule has 9 nitrogen and oxygen atoms in total. The van der Waals surface area contributed by atoms with Gasteiger partial charge in [0.25, 0.3) is 0 Å². The highest BCUT2D eigenvalue weighted by molar-refractivity contribution is 6.36. The van der Waals surface area contributed by atoms with Crippen LogP contribution >= 0.6 is 11.6 Å². The number of alkyl halides is 1. The Labute approximate surface area is 257 Å². The zero-order valence-electron chi connectivity index (χ0n) is 24.2. The largest absolute Gasteiger partial charge is 0.461 e. The standard InChI is InChI=1S/C31H32ClF3N8O/c1-30-8-6-17(41-30)13-42(14-30)27-18-10-20(34)23(26-22-19(32)4-2-5-21(22)37-28(36)38-26)24(35)25(18)39-29(40-27)44-15-31-7-3-9-43(31)12-16(33)11-31/h2,4-5,10,16-17,41H,3,6-9,11-15H2,1H3,(H2,36,37,38)/t16-,17-,30+,31+/m1/s1. The Morgan fingerprint density at radius 2 is 2.02 bits per heavy atom. The number of aromatic nitrogens is 4. The fourth-order valence-corrected chi connectivity index (χ4v) is 8.23. The first kappa shape index (κ1) is 28.0. The van der Waals surface area contributed by atoms with Crippen molar-refractivity contribution in [2.75, 3.05) is 43.4 Å². The molecule has 0 radical (unpaired) electrons. The molecule has 2 aromatic heterocycles. The summed E-state index contributed by atoms with van der Waals surface area (Å²) in [6.45, 7) is 4.74. The lowest BCUT2D eigenvalue weighted by Gasteiger charge is -2.40. The molecule has 4 aromatic rings. The van der Waals surface area contributed by atoms with Crippen LogP contribution in [-0.2, 0) is 0 Å². The topological polar surface area (TPSA) is 105 Å². The van der Waals surface area contributed by atoms with E-state index >= 15 is 8.78 Å². The summed E-state index contributed by atoms with van der Waals surface area (Å²) in [5.41, 5.74) is 5.14. The van der Waals surface area contributed by atoms with Gasteiger partial charge in [0.15, 0.2) is 5.82 Å². The molecule has 230 valence electrons. The van der Waals surface area contributed by atoms with Crippen LogP contribution in [0.4, 0.5) is 24.9 Å². The number of piperazine rings is 1. The lowest BCUT2D eigenvalue weighted by molar-refractivity contribution is 0.107. The molecule has 0 aliphatic carbocycles. The van der Waals surface area contributed by atoms with Gasteiger partial charge in [0.05, 0.1) is 27.3 Å². The van der Waals surface area contributed by atoms with Gasteiger partial charge in [-0.1, -0.05) is 17.7 Å². The number of fused-ring (bicyclic) bond motifs is 5. The van der Waals surface area contributed by atoms with E-state index in [1.165, 1.54) is 6.07 Å². The maximum Gasteiger partial charge on any atom is 0.319 e. The van der Waals surface area contributed by atoms with Crippen LogP contribution < -0.4 is 20.7 Å². The first-order valence-corrected chi connectivity index (χ1v) is 15.5. The van der Waals surface area contributed by atoms with E-state index < -0.39 is 28.9 Å². The SMILES string of the molecule is C[C@]12CC[C@H](CN(c3nc(OC[C@@]45CCCN4C[C@H](F)C5)nc4c(F)c(-c5nc(N)nc6cccc(Cl)c56)c(F)cc34)C1)N2. The van der Waals surface area contributed by atoms with Gasteiger partial charge in [-0.05, 0) is 57.4 Å². The van der Waals surface area contributed by atoms with Crippen molar-refractivity contribution >= 4 is 45.2 Å². The number of nitrogen functional groups attached to an aromatic ring is 1. The summed E-state index contributed by atoms with van der Waals surface area (Å²) in [4.78, 5) is 21.9. The second-order valence-electron chi connectivity index (χ2n) is 13.0. The van der Waals surface area contributed by atoms with Gasteiger partial charge in [0.2, 0.25) is 5.95 Å². The van der Waals surface area contributed by atoms with Gasteiger partial charge in [0.1, 0.15) is 29.9 Å². The van der Waals surface area contributed by atoms with Gasteiger partial charge in [-0.15, -0.1) is 0 Å². The summed E-state index contributed by atoms with van der Waals surface area (Å²) >= 11 is 6.49. The van der Waals surface area contributed by atoms with Gasteiger partial charge in [-0.2, -0.15) is 9.97 Å². The maximum absolute atomic E-state index is 16.8. The molecule has 13 heteroatoms. The third kappa shape index (κ3) is 4.44. The number of nitrogens with zero attached hydrogens (tertiary/aromatic N) is 6. The normalized spacial score (nSPS) is 28.3. The average Bonchev–Trinajstić information content (AvgIpc) is 3.59. The Morgan fingerprint density at radius 3 is 2.86 bits per heavy atom. The summed E-state index contributed by atoms with van der Waals surface area (Å²) in [6.07, 6.45) is 3.19. The molecule has 44 heavy (non-hydrogen) atoms. The van der Waals surface area contributed by atoms with E-state index in [0.29, 0.717) is 37.4 Å². The molecule has 6 heterocycles. The molecular formula is C31H32ClF3N8O. The van der Waals surface area contributed by atoms with Crippen LogP contribution in [0, 0.1) is 11.6 Å². The van der Waals surface area contributed by atoms with Crippen molar-refractivity contribution in [1.29, 1.82) is 0 Å². The second kappa shape index (κ2) is 10.0. The number of anilines is 2. The zero-order chi connectivity index (χ0) is 30.4. The molecule has 2 bridgehead atoms. The summed E-state index contributed by atoms with van der Waals surface area (Å²) in [7, 11) is 0. The van der Waals surface area contributed by atoms with Crippen molar-refractivity contribution in [3.8, 4) is 17.3 Å². The molecule has 4 aliphatic rings. The number of rotatable bonds is 5. The minimum Gasteiger partial charge on any atom is -0.461 e. The minimum atomic E-state index is -0.928. The van der Waals surface area contributed by atoms with Crippen LogP contribution in [0.5, 0.6) is 6.01 Å². The highest BCUT2D eigenvalue weighted by atomic mass is 35.5. The quantitative estimate of drug-likeness (QED) is 0.316. The lowest BCUT2D eigenvalue weighted by atomic mass is 9.95. The van der Waals surface area contributed by atoms with Crippen molar-refractivity contribution in [2.45, 2.75) is 62.3 Å². The van der Waals surface area contributed by atoms with Crippen LogP contribution in [0.25, 0.3) is 33.1 Å². The van der Waals surface area contributed by atoms with Gasteiger partial charge in [-0.3, -0.25) is 4.90 Å². The summed E-state index contributed by atoms with van der Waals surface area (Å²) in [6, 6.07) is 6.38. The zero-order valence-corrected chi connectivity index (χ0v) is 25.0. The van der Waals surface area contributed by atoms with Crippen molar-refractivity contribution in [1.82, 2.24) is 30.2 Å². The van der Waals surface area contributed by atoms with Crippen LogP contribution in [0.3, 0.4) is 0 Å². The smallest absolute Gasteiger partial charge is 0.319 e. The molecule has 2 aromatic carbocycles. The number of halogens is 4. The van der Waals surface area contributed by atoms with E-state index in [-0.39, 0.29) is 57.2 Å². The maximum atomic E-state index is 16.8. The fourth-order valence-electron chi connectivity index (χ4n) is 7.98. The number of hydrogen-bond acceptors (Lipinski definition) is 9. The Bertz CT molecular complexity index is 1830. The molecule has 4 fully saturated rings. The fraction of sp³-hybridized carbons (Fsp3) is 0.484. The van der Waals surface area contributed by atoms with Crippen molar-refractivity contribution in [3.63, 3.8) is 0 Å². The number of nitrogens with two attached hydrogens (primary N) is 1. The predicted molar refractivity (Wildman–Crippen MR) is 163 cm³/mol. The summed E-state index contributed by atoms with van der Waals surface area (Å²) in [5.74, 6) is -1.52. The van der Waals surface area contributed by atoms with Gasteiger partial charge < -0.3 is 20.7 Å². The second-order valence-corrected chi connectivity index (χ2v) is 13.4. The van der Waals surface area contributed by atoms with Gasteiger partial charge >= 0.3 is 6.01 Å². The van der Waals surface area contributed by atoms with E-state index in [4.69, 9.17) is 27.1 Å². The molecule has 0 saturated carbocycles. The van der Waals surface area contributed by atoms with Crippen LogP contribution in [-0.4, -0.2) is 80.9 Å². The number of benzene rings is 2. The van der Waals surface area contributed by atoms with Crippen LogP contribution in [0.1, 0.15) is 39.0 Å². The third-order valence-electron chi connectivity index (χ3n) is 9.88. The lowest BCUT2D eigenvalue weighted by Crippen LogP contribution is -2.58.